The number of anilines is 1. The minimum Gasteiger partial charge on any atom is -0.355 e. The summed E-state index contributed by atoms with van der Waals surface area (Å²) in [5.74, 6) is 1.93. The zero-order valence-electron chi connectivity index (χ0n) is 14.5. The number of amides is 1. The number of aromatic amines is 1. The number of hydrogen-bond donors (Lipinski definition) is 1. The molecule has 24 heavy (non-hydrogen) atoms. The van der Waals surface area contributed by atoms with E-state index in [2.05, 4.69) is 32.8 Å². The van der Waals surface area contributed by atoms with E-state index in [1.807, 2.05) is 11.1 Å². The van der Waals surface area contributed by atoms with Crippen LogP contribution in [0.3, 0.4) is 0 Å². The predicted molar refractivity (Wildman–Crippen MR) is 93.8 cm³/mol. The maximum Gasteiger partial charge on any atom is 0.219 e. The Balaban J connectivity index is 1.66. The molecule has 2 fully saturated rings. The molecule has 6 heteroatoms. The second-order valence-corrected chi connectivity index (χ2v) is 7.29. The smallest absolute Gasteiger partial charge is 0.219 e. The van der Waals surface area contributed by atoms with Crippen molar-refractivity contribution in [3.05, 3.63) is 18.6 Å². The molecule has 0 aromatic carbocycles. The first-order chi connectivity index (χ1) is 11.6. The van der Waals surface area contributed by atoms with E-state index in [0.29, 0.717) is 5.92 Å². The quantitative estimate of drug-likeness (QED) is 0.920. The first-order valence-electron chi connectivity index (χ1n) is 8.91. The third-order valence-corrected chi connectivity index (χ3v) is 6.15. The lowest BCUT2D eigenvalue weighted by Gasteiger charge is -2.53. The number of aromatic nitrogens is 3. The molecule has 0 radical (unpaired) electrons. The van der Waals surface area contributed by atoms with E-state index in [0.717, 1.165) is 55.9 Å². The number of H-pyrrole nitrogens is 1. The summed E-state index contributed by atoms with van der Waals surface area (Å²) >= 11 is 0. The second-order valence-electron chi connectivity index (χ2n) is 7.29. The van der Waals surface area contributed by atoms with Crippen molar-refractivity contribution in [3.63, 3.8) is 0 Å². The first-order valence-corrected chi connectivity index (χ1v) is 8.91. The van der Waals surface area contributed by atoms with E-state index in [1.54, 1.807) is 13.3 Å². The van der Waals surface area contributed by atoms with Crippen LogP contribution in [0.2, 0.25) is 0 Å². The Labute approximate surface area is 142 Å². The van der Waals surface area contributed by atoms with Crippen molar-refractivity contribution < 1.29 is 4.79 Å². The Bertz CT molecular complexity index is 757. The minimum absolute atomic E-state index is 0.176. The normalized spacial score (nSPS) is 27.3. The number of carbonyl (C=O) groups excluding carboxylic acids is 1. The minimum atomic E-state index is 0.176. The molecule has 0 spiro atoms. The van der Waals surface area contributed by atoms with E-state index in [4.69, 9.17) is 0 Å². The first kappa shape index (κ1) is 15.4. The third kappa shape index (κ3) is 2.36. The molecule has 2 aliphatic heterocycles. The molecule has 0 saturated carbocycles. The summed E-state index contributed by atoms with van der Waals surface area (Å²) in [6.45, 7) is 7.75. The summed E-state index contributed by atoms with van der Waals surface area (Å²) in [4.78, 5) is 28.4. The highest BCUT2D eigenvalue weighted by atomic mass is 16.2. The van der Waals surface area contributed by atoms with Gasteiger partial charge in [0.25, 0.3) is 0 Å². The lowest BCUT2D eigenvalue weighted by Crippen LogP contribution is -2.58. The third-order valence-electron chi connectivity index (χ3n) is 6.15. The second kappa shape index (κ2) is 5.76. The van der Waals surface area contributed by atoms with Crippen LogP contribution in [0.5, 0.6) is 0 Å². The zero-order valence-corrected chi connectivity index (χ0v) is 14.5. The van der Waals surface area contributed by atoms with Crippen LogP contribution in [0.1, 0.15) is 33.1 Å². The van der Waals surface area contributed by atoms with Crippen LogP contribution in [0, 0.1) is 11.3 Å². The standard InChI is InChI=1S/C18H25N5O/c1-3-18-10-22(13(2)24)8-5-14(18)6-9-23(11-18)17-15-4-7-19-16(15)20-12-21-17/h4,7,12,14H,3,5-6,8-11H2,1-2H3,(H,19,20,21)/t14-,18+/m0/s1. The van der Waals surface area contributed by atoms with Crippen molar-refractivity contribution >= 4 is 22.8 Å². The van der Waals surface area contributed by atoms with E-state index < -0.39 is 0 Å². The van der Waals surface area contributed by atoms with Crippen LogP contribution < -0.4 is 4.90 Å². The van der Waals surface area contributed by atoms with Crippen LogP contribution >= 0.6 is 0 Å². The number of hydrogen-bond acceptors (Lipinski definition) is 4. The molecule has 1 amide bonds. The van der Waals surface area contributed by atoms with Gasteiger partial charge in [0.05, 0.1) is 5.39 Å². The number of fused-ring (bicyclic) bond motifs is 2. The average Bonchev–Trinajstić information content (AvgIpc) is 3.09. The van der Waals surface area contributed by atoms with Crippen molar-refractivity contribution in [1.29, 1.82) is 0 Å². The van der Waals surface area contributed by atoms with Crippen molar-refractivity contribution in [2.75, 3.05) is 31.1 Å². The van der Waals surface area contributed by atoms with Gasteiger partial charge in [0.1, 0.15) is 17.8 Å². The molecule has 128 valence electrons. The fraction of sp³-hybridized carbons (Fsp3) is 0.611. The molecule has 4 rings (SSSR count). The molecular weight excluding hydrogens is 302 g/mol. The van der Waals surface area contributed by atoms with E-state index in [-0.39, 0.29) is 11.3 Å². The predicted octanol–water partition coefficient (Wildman–Crippen LogP) is 2.43. The number of piperidine rings is 2. The Morgan fingerprint density at radius 3 is 2.96 bits per heavy atom. The van der Waals surface area contributed by atoms with Gasteiger partial charge in [-0.05, 0) is 31.2 Å². The molecule has 2 saturated heterocycles. The van der Waals surface area contributed by atoms with Crippen LogP contribution in [0.25, 0.3) is 11.0 Å². The molecule has 0 unspecified atom stereocenters. The zero-order chi connectivity index (χ0) is 16.7. The maximum absolute atomic E-state index is 11.9. The van der Waals surface area contributed by atoms with Crippen molar-refractivity contribution in [2.45, 2.75) is 33.1 Å². The topological polar surface area (TPSA) is 65.1 Å². The molecule has 2 aromatic heterocycles. The summed E-state index contributed by atoms with van der Waals surface area (Å²) in [7, 11) is 0. The fourth-order valence-electron chi connectivity index (χ4n) is 4.68. The van der Waals surface area contributed by atoms with Gasteiger partial charge in [-0.15, -0.1) is 0 Å². The molecule has 0 aliphatic carbocycles. The van der Waals surface area contributed by atoms with Gasteiger partial charge in [-0.3, -0.25) is 4.79 Å². The van der Waals surface area contributed by atoms with Gasteiger partial charge >= 0.3 is 0 Å². The Hall–Kier alpha value is -2.11. The van der Waals surface area contributed by atoms with E-state index in [1.165, 1.54) is 6.42 Å². The van der Waals surface area contributed by atoms with Gasteiger partial charge in [-0.25, -0.2) is 9.97 Å². The summed E-state index contributed by atoms with van der Waals surface area (Å²) in [6, 6.07) is 2.05. The molecule has 2 aromatic rings. The number of rotatable bonds is 2. The van der Waals surface area contributed by atoms with Crippen LogP contribution in [-0.4, -0.2) is 51.9 Å². The van der Waals surface area contributed by atoms with Crippen molar-refractivity contribution in [2.24, 2.45) is 11.3 Å². The van der Waals surface area contributed by atoms with Crippen LogP contribution in [0.15, 0.2) is 18.6 Å². The highest BCUT2D eigenvalue weighted by molar-refractivity contribution is 5.87. The van der Waals surface area contributed by atoms with Gasteiger partial charge in [0.15, 0.2) is 0 Å². The average molecular weight is 327 g/mol. The molecule has 0 bridgehead atoms. The monoisotopic (exact) mass is 327 g/mol. The summed E-state index contributed by atoms with van der Waals surface area (Å²) in [6.07, 6.45) is 6.96. The lowest BCUT2D eigenvalue weighted by molar-refractivity contribution is -0.134. The number of nitrogens with one attached hydrogen (secondary N) is 1. The van der Waals surface area contributed by atoms with Crippen molar-refractivity contribution in [1.82, 2.24) is 19.9 Å². The Morgan fingerprint density at radius 2 is 2.17 bits per heavy atom. The van der Waals surface area contributed by atoms with Crippen molar-refractivity contribution in [3.8, 4) is 0 Å². The maximum atomic E-state index is 11.9. The number of carbonyl (C=O) groups is 1. The number of nitrogens with zero attached hydrogens (tertiary/aromatic N) is 4. The molecule has 2 aliphatic rings. The van der Waals surface area contributed by atoms with Crippen LogP contribution in [-0.2, 0) is 4.79 Å². The molecular formula is C18H25N5O. The highest BCUT2D eigenvalue weighted by Crippen LogP contribution is 2.45. The van der Waals surface area contributed by atoms with Gasteiger partial charge in [-0.2, -0.15) is 0 Å². The van der Waals surface area contributed by atoms with Gasteiger partial charge in [0, 0.05) is 44.7 Å². The SMILES string of the molecule is CC[C@]12CN(C(C)=O)CC[C@H]1CCN(c1ncnc3[nH]ccc13)C2. The largest absolute Gasteiger partial charge is 0.355 e. The summed E-state index contributed by atoms with van der Waals surface area (Å²) in [5.41, 5.74) is 1.07. The summed E-state index contributed by atoms with van der Waals surface area (Å²) in [5, 5.41) is 1.08. The lowest BCUT2D eigenvalue weighted by atomic mass is 9.65. The Kier molecular flexibility index (Phi) is 3.70. The van der Waals surface area contributed by atoms with Gasteiger partial charge in [-0.1, -0.05) is 6.92 Å². The molecule has 2 atom stereocenters. The Morgan fingerprint density at radius 1 is 1.33 bits per heavy atom. The summed E-state index contributed by atoms with van der Waals surface area (Å²) < 4.78 is 0. The number of likely N-dealkylation sites (tertiary alicyclic amines) is 1. The molecule has 4 heterocycles. The fourth-order valence-corrected chi connectivity index (χ4v) is 4.68. The van der Waals surface area contributed by atoms with Gasteiger partial charge in [0.2, 0.25) is 5.91 Å². The molecule has 1 N–H and O–H groups in total. The van der Waals surface area contributed by atoms with E-state index >= 15 is 0 Å². The van der Waals surface area contributed by atoms with Crippen LogP contribution in [0.4, 0.5) is 5.82 Å². The molecule has 6 nitrogen and oxygen atoms in total. The highest BCUT2D eigenvalue weighted by Gasteiger charge is 2.46. The van der Waals surface area contributed by atoms with Gasteiger partial charge < -0.3 is 14.8 Å². The van der Waals surface area contributed by atoms with E-state index in [9.17, 15) is 4.79 Å².